The van der Waals surface area contributed by atoms with E-state index in [0.29, 0.717) is 0 Å². The zero-order valence-electron chi connectivity index (χ0n) is 13.0. The third-order valence-electron chi connectivity index (χ3n) is 3.71. The largest absolute Gasteiger partial charge is 0.251 e. The molecule has 0 radical (unpaired) electrons. The van der Waals surface area contributed by atoms with E-state index in [2.05, 4.69) is 56.1 Å². The van der Waals surface area contributed by atoms with Gasteiger partial charge in [-0.3, -0.25) is 4.98 Å². The lowest BCUT2D eigenvalue weighted by atomic mass is 9.86. The monoisotopic (exact) mass is 276 g/mol. The Balaban J connectivity index is 2.09. The molecule has 0 aliphatic heterocycles. The Hall–Kier alpha value is -2.22. The molecule has 0 amide bonds. The molecule has 0 spiro atoms. The second kappa shape index (κ2) is 4.96. The normalized spacial score (nSPS) is 11.8. The molecule has 0 atom stereocenters. The fraction of sp³-hybridized carbons (Fsp3) is 0.263. The van der Waals surface area contributed by atoms with Gasteiger partial charge in [0.2, 0.25) is 0 Å². The summed E-state index contributed by atoms with van der Waals surface area (Å²) in [6.07, 6.45) is 0. The van der Waals surface area contributed by atoms with Crippen LogP contribution in [0.25, 0.3) is 22.3 Å². The van der Waals surface area contributed by atoms with Gasteiger partial charge in [-0.15, -0.1) is 0 Å². The van der Waals surface area contributed by atoms with E-state index < -0.39 is 0 Å². The lowest BCUT2D eigenvalue weighted by Crippen LogP contribution is -2.10. The maximum absolute atomic E-state index is 4.75. The van der Waals surface area contributed by atoms with Crippen molar-refractivity contribution >= 4 is 10.9 Å². The number of benzene rings is 1. The van der Waals surface area contributed by atoms with Crippen molar-refractivity contribution in [2.45, 2.75) is 33.1 Å². The van der Waals surface area contributed by atoms with Crippen LogP contribution in [-0.4, -0.2) is 9.97 Å². The van der Waals surface area contributed by atoms with Crippen LogP contribution < -0.4 is 0 Å². The van der Waals surface area contributed by atoms with Gasteiger partial charge < -0.3 is 0 Å². The highest BCUT2D eigenvalue weighted by Gasteiger charge is 2.14. The van der Waals surface area contributed by atoms with Crippen LogP contribution in [-0.2, 0) is 5.41 Å². The molecule has 0 aliphatic carbocycles. The maximum Gasteiger partial charge on any atom is 0.0894 e. The van der Waals surface area contributed by atoms with Gasteiger partial charge in [-0.05, 0) is 48.2 Å². The minimum atomic E-state index is 0.158. The zero-order chi connectivity index (χ0) is 15.0. The van der Waals surface area contributed by atoms with Crippen molar-refractivity contribution in [1.29, 1.82) is 0 Å². The zero-order valence-corrected chi connectivity index (χ0v) is 13.0. The molecular weight excluding hydrogens is 256 g/mol. The van der Waals surface area contributed by atoms with E-state index in [4.69, 9.17) is 4.98 Å². The molecule has 21 heavy (non-hydrogen) atoms. The molecular formula is C19H20N2. The van der Waals surface area contributed by atoms with Crippen LogP contribution >= 0.6 is 0 Å². The molecule has 0 saturated heterocycles. The number of hydrogen-bond donors (Lipinski definition) is 0. The molecule has 2 heteroatoms. The summed E-state index contributed by atoms with van der Waals surface area (Å²) in [7, 11) is 0. The molecule has 2 aromatic heterocycles. The molecule has 0 aliphatic rings. The fourth-order valence-electron chi connectivity index (χ4n) is 2.42. The van der Waals surface area contributed by atoms with Gasteiger partial charge in [0.1, 0.15) is 0 Å². The smallest absolute Gasteiger partial charge is 0.0894 e. The molecule has 0 unspecified atom stereocenters. The van der Waals surface area contributed by atoms with Gasteiger partial charge in [0.05, 0.1) is 16.9 Å². The van der Waals surface area contributed by atoms with Gasteiger partial charge in [0.15, 0.2) is 0 Å². The van der Waals surface area contributed by atoms with E-state index in [1.54, 1.807) is 0 Å². The molecule has 0 saturated carbocycles. The van der Waals surface area contributed by atoms with E-state index in [0.717, 1.165) is 22.6 Å². The molecule has 1 aromatic carbocycles. The molecule has 3 aromatic rings. The number of nitrogens with zero attached hydrogens (tertiary/aromatic N) is 2. The van der Waals surface area contributed by atoms with Crippen molar-refractivity contribution < 1.29 is 0 Å². The topological polar surface area (TPSA) is 25.8 Å². The summed E-state index contributed by atoms with van der Waals surface area (Å²) >= 11 is 0. The number of rotatable bonds is 1. The van der Waals surface area contributed by atoms with E-state index in [-0.39, 0.29) is 5.41 Å². The Morgan fingerprint density at radius 1 is 0.810 bits per heavy atom. The number of aryl methyl sites for hydroxylation is 1. The first-order valence-corrected chi connectivity index (χ1v) is 7.29. The average molecular weight is 276 g/mol. The standard InChI is InChI=1S/C19H20N2/c1-13-6-5-7-17(20-13)18-10-8-14-12-15(19(2,3)4)9-11-16(14)21-18/h5-12H,1-4H3. The Bertz CT molecular complexity index is 798. The molecule has 0 N–H and O–H groups in total. The Morgan fingerprint density at radius 2 is 1.57 bits per heavy atom. The fourth-order valence-corrected chi connectivity index (χ4v) is 2.42. The Labute approximate surface area is 125 Å². The summed E-state index contributed by atoms with van der Waals surface area (Å²) < 4.78 is 0. The quantitative estimate of drug-likeness (QED) is 0.631. The highest BCUT2D eigenvalue weighted by atomic mass is 14.8. The van der Waals surface area contributed by atoms with Gasteiger partial charge in [0.25, 0.3) is 0 Å². The third kappa shape index (κ3) is 2.80. The van der Waals surface area contributed by atoms with Gasteiger partial charge in [-0.25, -0.2) is 4.98 Å². The highest BCUT2D eigenvalue weighted by Crippen LogP contribution is 2.26. The number of aromatic nitrogens is 2. The van der Waals surface area contributed by atoms with Gasteiger partial charge in [-0.1, -0.05) is 39.0 Å². The van der Waals surface area contributed by atoms with Crippen LogP contribution in [0.15, 0.2) is 48.5 Å². The van der Waals surface area contributed by atoms with Crippen LogP contribution in [0.4, 0.5) is 0 Å². The molecule has 2 nitrogen and oxygen atoms in total. The summed E-state index contributed by atoms with van der Waals surface area (Å²) in [6.45, 7) is 8.69. The first kappa shape index (κ1) is 13.7. The highest BCUT2D eigenvalue weighted by molar-refractivity contribution is 5.82. The van der Waals surface area contributed by atoms with E-state index in [9.17, 15) is 0 Å². The molecule has 2 heterocycles. The summed E-state index contributed by atoms with van der Waals surface area (Å²) in [5.74, 6) is 0. The van der Waals surface area contributed by atoms with Crippen molar-refractivity contribution in [3.8, 4) is 11.4 Å². The number of pyridine rings is 2. The van der Waals surface area contributed by atoms with Gasteiger partial charge >= 0.3 is 0 Å². The van der Waals surface area contributed by atoms with Crippen LogP contribution in [0.1, 0.15) is 32.0 Å². The first-order valence-electron chi connectivity index (χ1n) is 7.29. The Morgan fingerprint density at radius 3 is 2.29 bits per heavy atom. The van der Waals surface area contributed by atoms with Crippen molar-refractivity contribution in [3.63, 3.8) is 0 Å². The predicted molar refractivity (Wildman–Crippen MR) is 88.4 cm³/mol. The summed E-state index contributed by atoms with van der Waals surface area (Å²) in [4.78, 5) is 9.29. The minimum Gasteiger partial charge on any atom is -0.251 e. The lowest BCUT2D eigenvalue weighted by Gasteiger charge is -2.19. The Kier molecular flexibility index (Phi) is 3.25. The van der Waals surface area contributed by atoms with Crippen LogP contribution in [0.3, 0.4) is 0 Å². The molecule has 3 rings (SSSR count). The van der Waals surface area contributed by atoms with E-state index in [1.807, 2.05) is 25.1 Å². The predicted octanol–water partition coefficient (Wildman–Crippen LogP) is 4.90. The van der Waals surface area contributed by atoms with Gasteiger partial charge in [-0.2, -0.15) is 0 Å². The van der Waals surface area contributed by atoms with Crippen LogP contribution in [0.5, 0.6) is 0 Å². The maximum atomic E-state index is 4.75. The van der Waals surface area contributed by atoms with E-state index >= 15 is 0 Å². The molecule has 0 bridgehead atoms. The number of fused-ring (bicyclic) bond motifs is 1. The first-order chi connectivity index (χ1) is 9.93. The third-order valence-corrected chi connectivity index (χ3v) is 3.71. The van der Waals surface area contributed by atoms with E-state index in [1.165, 1.54) is 10.9 Å². The second-order valence-corrected chi connectivity index (χ2v) is 6.52. The summed E-state index contributed by atoms with van der Waals surface area (Å²) in [5.41, 5.74) is 5.37. The number of hydrogen-bond acceptors (Lipinski definition) is 2. The lowest BCUT2D eigenvalue weighted by molar-refractivity contribution is 0.591. The van der Waals surface area contributed by atoms with Gasteiger partial charge in [0, 0.05) is 11.1 Å². The van der Waals surface area contributed by atoms with Crippen molar-refractivity contribution in [2.24, 2.45) is 0 Å². The molecule has 106 valence electrons. The van der Waals surface area contributed by atoms with Crippen molar-refractivity contribution in [1.82, 2.24) is 9.97 Å². The second-order valence-electron chi connectivity index (χ2n) is 6.52. The van der Waals surface area contributed by atoms with Crippen LogP contribution in [0.2, 0.25) is 0 Å². The van der Waals surface area contributed by atoms with Crippen molar-refractivity contribution in [2.75, 3.05) is 0 Å². The van der Waals surface area contributed by atoms with Crippen LogP contribution in [0, 0.1) is 6.92 Å². The average Bonchev–Trinajstić information content (AvgIpc) is 2.45. The SMILES string of the molecule is Cc1cccc(-c2ccc3cc(C(C)(C)C)ccc3n2)n1. The van der Waals surface area contributed by atoms with Crippen molar-refractivity contribution in [3.05, 3.63) is 59.8 Å². The molecule has 0 fully saturated rings. The minimum absolute atomic E-state index is 0.158. The summed E-state index contributed by atoms with van der Waals surface area (Å²) in [6, 6.07) is 16.7. The summed E-state index contributed by atoms with van der Waals surface area (Å²) in [5, 5.41) is 1.18.